The number of halogens is 4. The maximum absolute atomic E-state index is 13.5. The van der Waals surface area contributed by atoms with Crippen LogP contribution in [0.25, 0.3) is 0 Å². The minimum atomic E-state index is -4.81. The molecular formula is C22H19F4N3O2. The lowest BCUT2D eigenvalue weighted by Crippen LogP contribution is -2.29. The van der Waals surface area contributed by atoms with Crippen molar-refractivity contribution in [3.05, 3.63) is 76.9 Å². The van der Waals surface area contributed by atoms with E-state index in [9.17, 15) is 22.4 Å². The van der Waals surface area contributed by atoms with Crippen LogP contribution in [0.2, 0.25) is 0 Å². The lowest BCUT2D eigenvalue weighted by atomic mass is 9.95. The first-order chi connectivity index (χ1) is 14.6. The van der Waals surface area contributed by atoms with Crippen LogP contribution in [0.1, 0.15) is 47.2 Å². The van der Waals surface area contributed by atoms with Gasteiger partial charge in [0.2, 0.25) is 0 Å². The number of amides is 1. The first-order valence-electron chi connectivity index (χ1n) is 9.66. The second-order valence-electron chi connectivity index (χ2n) is 7.73. The molecule has 1 aliphatic rings. The first kappa shape index (κ1) is 20.9. The van der Waals surface area contributed by atoms with E-state index < -0.39 is 18.2 Å². The molecule has 162 valence electrons. The first-order valence-corrected chi connectivity index (χ1v) is 9.66. The smallest absolute Gasteiger partial charge is 0.406 e. The van der Waals surface area contributed by atoms with E-state index >= 15 is 0 Å². The Hall–Kier alpha value is -3.36. The number of carbonyl (C=O) groups excluding carboxylic acids is 1. The number of hydrogen-bond donors (Lipinski definition) is 1. The molecule has 0 fully saturated rings. The van der Waals surface area contributed by atoms with Gasteiger partial charge in [0.1, 0.15) is 17.3 Å². The Morgan fingerprint density at radius 3 is 2.32 bits per heavy atom. The number of aromatic nitrogens is 2. The number of H-pyrrole nitrogens is 1. The zero-order chi connectivity index (χ0) is 22.3. The Labute approximate surface area is 175 Å². The van der Waals surface area contributed by atoms with Crippen molar-refractivity contribution in [2.75, 3.05) is 4.90 Å². The van der Waals surface area contributed by atoms with E-state index in [0.717, 1.165) is 17.8 Å². The summed E-state index contributed by atoms with van der Waals surface area (Å²) >= 11 is 0. The molecule has 1 atom stereocenters. The van der Waals surface area contributed by atoms with Crippen molar-refractivity contribution in [1.29, 1.82) is 0 Å². The average Bonchev–Trinajstić information content (AvgIpc) is 3.21. The number of nitrogens with one attached hydrogen (secondary N) is 1. The molecule has 0 bridgehead atoms. The van der Waals surface area contributed by atoms with Crippen molar-refractivity contribution < 1.29 is 27.1 Å². The van der Waals surface area contributed by atoms with Crippen molar-refractivity contribution in [2.45, 2.75) is 32.7 Å². The summed E-state index contributed by atoms with van der Waals surface area (Å²) in [7, 11) is 0. The molecule has 5 nitrogen and oxygen atoms in total. The summed E-state index contributed by atoms with van der Waals surface area (Å²) in [6.07, 6.45) is -4.18. The summed E-state index contributed by atoms with van der Waals surface area (Å²) in [5, 5.41) is 7.12. The Morgan fingerprint density at radius 1 is 1.10 bits per heavy atom. The van der Waals surface area contributed by atoms with Crippen molar-refractivity contribution in [1.82, 2.24) is 10.2 Å². The SMILES string of the molecule is CC(C)Cc1n[nH]c2c1C(c1ccc(F)cc1)N(c1ccc(OC(F)(F)F)cc1)C2=O. The zero-order valence-corrected chi connectivity index (χ0v) is 16.7. The standard InChI is InChI=1S/C22H19F4N3O2/c1-12(2)11-17-18-19(28-27-17)21(30)29(20(18)13-3-5-14(23)6-4-13)15-7-9-16(10-8-15)31-22(24,25)26/h3-10,12,20H,11H2,1-2H3,(H,27,28). The van der Waals surface area contributed by atoms with Crippen LogP contribution in [0.15, 0.2) is 48.5 Å². The number of hydrogen-bond acceptors (Lipinski definition) is 3. The quantitative estimate of drug-likeness (QED) is 0.549. The maximum atomic E-state index is 13.5. The van der Waals surface area contributed by atoms with Gasteiger partial charge in [-0.15, -0.1) is 13.2 Å². The fraction of sp³-hybridized carbons (Fsp3) is 0.273. The number of anilines is 1. The molecule has 31 heavy (non-hydrogen) atoms. The minimum absolute atomic E-state index is 0.282. The maximum Gasteiger partial charge on any atom is 0.573 e. The third-order valence-electron chi connectivity index (χ3n) is 4.98. The third kappa shape index (κ3) is 4.12. The molecule has 9 heteroatoms. The lowest BCUT2D eigenvalue weighted by Gasteiger charge is -2.27. The van der Waals surface area contributed by atoms with Gasteiger partial charge in [0.15, 0.2) is 0 Å². The number of aromatic amines is 1. The number of ether oxygens (including phenoxy) is 1. The highest BCUT2D eigenvalue weighted by Gasteiger charge is 2.43. The number of rotatable bonds is 5. The molecule has 0 saturated heterocycles. The predicted octanol–water partition coefficient (Wildman–Crippen LogP) is 5.40. The second kappa shape index (κ2) is 7.72. The molecule has 1 amide bonds. The molecule has 1 aromatic heterocycles. The van der Waals surface area contributed by atoms with Crippen LogP contribution >= 0.6 is 0 Å². The molecule has 0 saturated carbocycles. The summed E-state index contributed by atoms with van der Waals surface area (Å²) in [5.41, 5.74) is 2.79. The van der Waals surface area contributed by atoms with Gasteiger partial charge in [-0.25, -0.2) is 4.39 Å². The van der Waals surface area contributed by atoms with Gasteiger partial charge in [-0.1, -0.05) is 26.0 Å². The monoisotopic (exact) mass is 433 g/mol. The molecule has 3 aromatic rings. The van der Waals surface area contributed by atoms with Crippen molar-refractivity contribution >= 4 is 11.6 Å². The molecular weight excluding hydrogens is 414 g/mol. The molecule has 0 spiro atoms. The van der Waals surface area contributed by atoms with E-state index in [4.69, 9.17) is 0 Å². The number of carbonyl (C=O) groups is 1. The van der Waals surface area contributed by atoms with Gasteiger partial charge in [-0.3, -0.25) is 14.8 Å². The van der Waals surface area contributed by atoms with Crippen LogP contribution in [-0.4, -0.2) is 22.5 Å². The summed E-state index contributed by atoms with van der Waals surface area (Å²) in [6, 6.07) is 10.3. The zero-order valence-electron chi connectivity index (χ0n) is 16.7. The van der Waals surface area contributed by atoms with E-state index in [-0.39, 0.29) is 17.6 Å². The molecule has 2 aromatic carbocycles. The molecule has 4 rings (SSSR count). The average molecular weight is 433 g/mol. The van der Waals surface area contributed by atoms with Gasteiger partial charge in [-0.05, 0) is 54.3 Å². The molecule has 2 heterocycles. The summed E-state index contributed by atoms with van der Waals surface area (Å²) in [4.78, 5) is 14.7. The van der Waals surface area contributed by atoms with Crippen LogP contribution in [-0.2, 0) is 6.42 Å². The molecule has 0 aliphatic carbocycles. The molecule has 1 unspecified atom stereocenters. The van der Waals surface area contributed by atoms with Crippen LogP contribution in [0, 0.1) is 11.7 Å². The molecule has 1 N–H and O–H groups in total. The van der Waals surface area contributed by atoms with Crippen molar-refractivity contribution in [2.24, 2.45) is 5.92 Å². The summed E-state index contributed by atoms with van der Waals surface area (Å²) in [5.74, 6) is -0.884. The predicted molar refractivity (Wildman–Crippen MR) is 105 cm³/mol. The van der Waals surface area contributed by atoms with E-state index in [1.165, 1.54) is 29.2 Å². The topological polar surface area (TPSA) is 58.2 Å². The largest absolute Gasteiger partial charge is 0.573 e. The highest BCUT2D eigenvalue weighted by Crippen LogP contribution is 2.43. The summed E-state index contributed by atoms with van der Waals surface area (Å²) in [6.45, 7) is 4.06. The Morgan fingerprint density at radius 2 is 1.74 bits per heavy atom. The van der Waals surface area contributed by atoms with E-state index in [0.29, 0.717) is 28.9 Å². The van der Waals surface area contributed by atoms with Gasteiger partial charge in [0.05, 0.1) is 11.7 Å². The third-order valence-corrected chi connectivity index (χ3v) is 4.98. The Balaban J connectivity index is 1.78. The van der Waals surface area contributed by atoms with Crippen LogP contribution < -0.4 is 9.64 Å². The number of nitrogens with zero attached hydrogens (tertiary/aromatic N) is 2. The van der Waals surface area contributed by atoms with Crippen molar-refractivity contribution in [3.8, 4) is 5.75 Å². The number of fused-ring (bicyclic) bond motifs is 1. The normalized spacial score (nSPS) is 16.2. The molecule has 0 radical (unpaired) electrons. The fourth-order valence-electron chi connectivity index (χ4n) is 3.79. The van der Waals surface area contributed by atoms with Crippen LogP contribution in [0.4, 0.5) is 23.2 Å². The van der Waals surface area contributed by atoms with E-state index in [1.807, 2.05) is 13.8 Å². The number of benzene rings is 2. The lowest BCUT2D eigenvalue weighted by molar-refractivity contribution is -0.274. The van der Waals surface area contributed by atoms with Crippen LogP contribution in [0.3, 0.4) is 0 Å². The van der Waals surface area contributed by atoms with Gasteiger partial charge < -0.3 is 4.74 Å². The minimum Gasteiger partial charge on any atom is -0.406 e. The van der Waals surface area contributed by atoms with Crippen molar-refractivity contribution in [3.63, 3.8) is 0 Å². The number of alkyl halides is 3. The van der Waals surface area contributed by atoms with Gasteiger partial charge in [-0.2, -0.15) is 5.10 Å². The second-order valence-corrected chi connectivity index (χ2v) is 7.73. The van der Waals surface area contributed by atoms with Gasteiger partial charge in [0.25, 0.3) is 5.91 Å². The van der Waals surface area contributed by atoms with E-state index in [2.05, 4.69) is 14.9 Å². The van der Waals surface area contributed by atoms with E-state index in [1.54, 1.807) is 12.1 Å². The Bertz CT molecular complexity index is 1090. The van der Waals surface area contributed by atoms with Gasteiger partial charge >= 0.3 is 6.36 Å². The highest BCUT2D eigenvalue weighted by atomic mass is 19.4. The van der Waals surface area contributed by atoms with Gasteiger partial charge in [0, 0.05) is 11.3 Å². The van der Waals surface area contributed by atoms with Crippen LogP contribution in [0.5, 0.6) is 5.75 Å². The fourth-order valence-corrected chi connectivity index (χ4v) is 3.79. The Kier molecular flexibility index (Phi) is 5.20. The molecule has 1 aliphatic heterocycles. The highest BCUT2D eigenvalue weighted by molar-refractivity contribution is 6.10. The summed E-state index contributed by atoms with van der Waals surface area (Å²) < 4.78 is 54.9.